The van der Waals surface area contributed by atoms with Gasteiger partial charge in [0, 0.05) is 28.0 Å². The number of terminal acetylenes is 1. The van der Waals surface area contributed by atoms with Gasteiger partial charge < -0.3 is 28.3 Å². The van der Waals surface area contributed by atoms with Crippen LogP contribution in [-0.2, 0) is 28.2 Å². The quantitative estimate of drug-likeness (QED) is 0.0465. The van der Waals surface area contributed by atoms with Gasteiger partial charge in [0.05, 0.1) is 14.4 Å². The molecule has 12 heteroatoms. The SMILES string of the molecule is C#CC#CC#CC#CC#CC#CC(=O)OC[C@@H](COP(=O)([O-])[O-])OC(=O)CCCCCCCCCCCCCC.S.[HH].[HH].[HH].[HH].[HH].[HH].[HH].[HH].[HH].[HH].[HH].[Na+].[Na+]. The smallest absolute Gasteiger partial charge is 0.790 e. The number of unbranched alkanes of at least 4 members (excludes halogenated alkanes) is 11. The van der Waals surface area contributed by atoms with E-state index in [1.807, 2.05) is 0 Å². The number of ether oxygens (including phenoxy) is 2. The normalized spacial score (nSPS) is 9.44. The molecule has 244 valence electrons. The predicted molar refractivity (Wildman–Crippen MR) is 181 cm³/mol. The van der Waals surface area contributed by atoms with E-state index in [0.717, 1.165) is 19.3 Å². The first-order chi connectivity index (χ1) is 19.3. The van der Waals surface area contributed by atoms with Crippen LogP contribution in [0.2, 0.25) is 0 Å². The zero-order valence-electron chi connectivity index (χ0n) is 25.5. The second kappa shape index (κ2) is 35.2. The fraction of sp³-hybridized carbons (Fsp3) is 0.548. The third-order valence-electron chi connectivity index (χ3n) is 5.09. The molecule has 0 aliphatic rings. The molecule has 0 saturated carbocycles. The first kappa shape index (κ1) is 48.7. The molecule has 0 spiro atoms. The van der Waals surface area contributed by atoms with Crippen LogP contribution < -0.4 is 68.9 Å². The van der Waals surface area contributed by atoms with E-state index in [9.17, 15) is 23.9 Å². The monoisotopic (exact) mass is 668 g/mol. The van der Waals surface area contributed by atoms with Crippen molar-refractivity contribution in [3.8, 4) is 71.5 Å². The van der Waals surface area contributed by atoms with E-state index in [0.29, 0.717) is 6.42 Å². The van der Waals surface area contributed by atoms with E-state index in [1.165, 1.54) is 51.4 Å². The van der Waals surface area contributed by atoms with Gasteiger partial charge in [-0.3, -0.25) is 4.79 Å². The summed E-state index contributed by atoms with van der Waals surface area (Å²) in [5, 5.41) is 0. The van der Waals surface area contributed by atoms with Gasteiger partial charge in [-0.1, -0.05) is 77.6 Å². The fourth-order valence-corrected chi connectivity index (χ4v) is 3.54. The maximum atomic E-state index is 12.1. The minimum absolute atomic E-state index is 0. The molecule has 0 saturated heterocycles. The summed E-state index contributed by atoms with van der Waals surface area (Å²) in [6.45, 7) is 0.872. The average Bonchev–Trinajstić information content (AvgIpc) is 2.91. The second-order valence-electron chi connectivity index (χ2n) is 8.49. The predicted octanol–water partition coefficient (Wildman–Crippen LogP) is -0.145. The van der Waals surface area contributed by atoms with Gasteiger partial charge in [0.15, 0.2) is 6.10 Å². The van der Waals surface area contributed by atoms with Crippen LogP contribution in [0.4, 0.5) is 0 Å². The second-order valence-corrected chi connectivity index (χ2v) is 9.64. The fourth-order valence-electron chi connectivity index (χ4n) is 3.19. The molecule has 0 aromatic rings. The van der Waals surface area contributed by atoms with Crippen LogP contribution in [0.5, 0.6) is 0 Å². The molecule has 0 aliphatic carbocycles. The molecule has 0 N–H and O–H groups in total. The molecule has 0 fully saturated rings. The van der Waals surface area contributed by atoms with E-state index in [4.69, 9.17) is 15.9 Å². The van der Waals surface area contributed by atoms with Gasteiger partial charge in [0.25, 0.3) is 0 Å². The van der Waals surface area contributed by atoms with Gasteiger partial charge in [0.1, 0.15) is 6.61 Å². The van der Waals surface area contributed by atoms with Crippen molar-refractivity contribution in [2.45, 2.75) is 96.5 Å². The Morgan fingerprint density at radius 3 is 1.65 bits per heavy atom. The summed E-state index contributed by atoms with van der Waals surface area (Å²) in [6, 6.07) is 0. The summed E-state index contributed by atoms with van der Waals surface area (Å²) in [7, 11) is -5.32. The molecule has 0 rings (SSSR count). The summed E-state index contributed by atoms with van der Waals surface area (Å²) in [4.78, 5) is 45.5. The molecular weight excluding hydrogens is 609 g/mol. The number of carbonyl (C=O) groups excluding carboxylic acids is 2. The van der Waals surface area contributed by atoms with Crippen LogP contribution in [-0.4, -0.2) is 31.3 Å². The van der Waals surface area contributed by atoms with Crippen molar-refractivity contribution in [2.24, 2.45) is 0 Å². The first-order valence-corrected chi connectivity index (χ1v) is 14.7. The molecule has 0 aliphatic heterocycles. The molecule has 0 aromatic carbocycles. The van der Waals surface area contributed by atoms with Crippen molar-refractivity contribution >= 4 is 33.3 Å². The molecule has 0 bridgehead atoms. The topological polar surface area (TPSA) is 125 Å². The third-order valence-corrected chi connectivity index (χ3v) is 5.55. The number of carbonyl (C=O) groups is 2. The largest absolute Gasteiger partial charge is 1.00 e. The maximum absolute atomic E-state index is 12.1. The van der Waals surface area contributed by atoms with Crippen LogP contribution in [0.15, 0.2) is 0 Å². The maximum Gasteiger partial charge on any atom is 1.00 e. The van der Waals surface area contributed by atoms with Gasteiger partial charge in [-0.15, -0.1) is 6.42 Å². The molecule has 0 unspecified atom stereocenters. The number of rotatable bonds is 19. The molecular formula is C31H59Na2O8PS. The Morgan fingerprint density at radius 1 is 0.744 bits per heavy atom. The van der Waals surface area contributed by atoms with E-state index in [2.05, 4.69) is 76.6 Å². The summed E-state index contributed by atoms with van der Waals surface area (Å²) in [6.07, 6.45) is 17.4. The Morgan fingerprint density at radius 2 is 1.19 bits per heavy atom. The van der Waals surface area contributed by atoms with E-state index >= 15 is 0 Å². The molecule has 0 heterocycles. The van der Waals surface area contributed by atoms with Crippen LogP contribution >= 0.6 is 21.3 Å². The number of phosphoric acid groups is 1. The molecule has 8 nitrogen and oxygen atoms in total. The number of esters is 2. The minimum atomic E-state index is -5.32. The molecule has 43 heavy (non-hydrogen) atoms. The van der Waals surface area contributed by atoms with Crippen molar-refractivity contribution in [1.82, 2.24) is 0 Å². The Kier molecular flexibility index (Phi) is 39.9. The average molecular weight is 669 g/mol. The van der Waals surface area contributed by atoms with Gasteiger partial charge in [-0.25, -0.2) is 4.79 Å². The zero-order chi connectivity index (χ0) is 29.7. The van der Waals surface area contributed by atoms with Gasteiger partial charge >= 0.3 is 71.1 Å². The van der Waals surface area contributed by atoms with Gasteiger partial charge in [0.2, 0.25) is 0 Å². The summed E-state index contributed by atoms with van der Waals surface area (Å²) < 4.78 is 25.0. The molecule has 0 amide bonds. The van der Waals surface area contributed by atoms with Crippen molar-refractivity contribution in [3.63, 3.8) is 0 Å². The van der Waals surface area contributed by atoms with Gasteiger partial charge in [-0.05, 0) is 65.6 Å². The van der Waals surface area contributed by atoms with Crippen molar-refractivity contribution in [3.05, 3.63) is 0 Å². The minimum Gasteiger partial charge on any atom is -0.790 e. The summed E-state index contributed by atoms with van der Waals surface area (Å²) in [5.74, 6) is 23.5. The van der Waals surface area contributed by atoms with E-state index < -0.39 is 39.1 Å². The summed E-state index contributed by atoms with van der Waals surface area (Å²) in [5.41, 5.74) is 0. The van der Waals surface area contributed by atoms with E-state index in [-0.39, 0.29) is 94.7 Å². The number of phosphoric ester groups is 1. The zero-order valence-corrected chi connectivity index (χ0v) is 31.4. The van der Waals surface area contributed by atoms with Crippen LogP contribution in [0.25, 0.3) is 0 Å². The Balaban J connectivity index is -0.0000000836. The number of hydrogen-bond donors (Lipinski definition) is 0. The Hall–Kier alpha value is -1.24. The van der Waals surface area contributed by atoms with Crippen molar-refractivity contribution in [1.29, 1.82) is 0 Å². The van der Waals surface area contributed by atoms with Gasteiger partial charge in [-0.2, -0.15) is 13.5 Å². The Bertz CT molecular complexity index is 1220. The standard InChI is InChI=1S/C31H37O8P.2Na.H2S.11H2/c1-3-5-7-9-11-13-15-16-18-20-22-24-26-31(33)39-29(28-38-40(34,35)36)27-37-30(32)25-23-21-19-17-14-12-10-8-6-4-2;;;;;;;;;;;;;;/h2,29H,3,5,7,9,11,13,15-16,18,20,22,24,26-28H2,1H3,(H2,34,35,36);;;1H2;11*1H/q;2*+1;;;;;;;;;;;;/p-2/t29-;;;;;;;;;;;;;;/m0............../s1. The first-order valence-electron chi connectivity index (χ1n) is 13.3. The summed E-state index contributed by atoms with van der Waals surface area (Å²) >= 11 is 0. The Labute approximate surface area is 325 Å². The van der Waals surface area contributed by atoms with Crippen LogP contribution in [0.1, 0.15) is 106 Å². The number of hydrogen-bond acceptors (Lipinski definition) is 8. The van der Waals surface area contributed by atoms with Crippen LogP contribution in [0, 0.1) is 71.5 Å². The molecule has 1 atom stereocenters. The third kappa shape index (κ3) is 38.7. The molecule has 0 aromatic heterocycles. The van der Waals surface area contributed by atoms with Crippen molar-refractivity contribution in [2.75, 3.05) is 13.2 Å². The van der Waals surface area contributed by atoms with E-state index in [1.54, 1.807) is 0 Å². The molecule has 0 radical (unpaired) electrons. The van der Waals surface area contributed by atoms with Crippen LogP contribution in [0.3, 0.4) is 0 Å². The van der Waals surface area contributed by atoms with Crippen molar-refractivity contribution < 1.29 is 113 Å².